The van der Waals surface area contributed by atoms with Gasteiger partial charge in [-0.1, -0.05) is 0 Å². The molecule has 0 atom stereocenters. The van der Waals surface area contributed by atoms with E-state index in [1.54, 1.807) is 24.1 Å². The monoisotopic (exact) mass is 478 g/mol. The van der Waals surface area contributed by atoms with E-state index in [0.717, 1.165) is 4.57 Å². The van der Waals surface area contributed by atoms with E-state index in [-0.39, 0.29) is 42.9 Å². The Kier molecular flexibility index (Phi) is 6.10. The Hall–Kier alpha value is -3.06. The van der Waals surface area contributed by atoms with Gasteiger partial charge >= 0.3 is 6.18 Å². The largest absolute Gasteiger partial charge is 0.490 e. The number of nitriles is 1. The van der Waals surface area contributed by atoms with Crippen LogP contribution in [0.5, 0.6) is 5.75 Å². The average molecular weight is 478 g/mol. The normalized spacial score (nSPS) is 18.1. The van der Waals surface area contributed by atoms with Gasteiger partial charge in [-0.3, -0.25) is 9.69 Å². The Balaban J connectivity index is 1.58. The summed E-state index contributed by atoms with van der Waals surface area (Å²) in [4.78, 5) is 16.6. The zero-order valence-corrected chi connectivity index (χ0v) is 19.2. The van der Waals surface area contributed by atoms with Crippen molar-refractivity contribution in [2.24, 2.45) is 0 Å². The summed E-state index contributed by atoms with van der Waals surface area (Å²) in [6.07, 6.45) is -4.17. The Morgan fingerprint density at radius 2 is 1.82 bits per heavy atom. The topological polar surface area (TPSA) is 61.5 Å². The molecule has 2 aliphatic rings. The molecule has 0 unspecified atom stereocenters. The van der Waals surface area contributed by atoms with Gasteiger partial charge in [0.25, 0.3) is 5.91 Å². The third-order valence-corrected chi connectivity index (χ3v) is 6.76. The first-order valence-corrected chi connectivity index (χ1v) is 11.2. The lowest BCUT2D eigenvalue weighted by Gasteiger charge is -2.50. The lowest BCUT2D eigenvalue weighted by Crippen LogP contribution is -2.57. The van der Waals surface area contributed by atoms with Crippen molar-refractivity contribution in [1.82, 2.24) is 14.4 Å². The SMILES string of the molecule is CC(C)Oc1ccc(C(=O)N2CCC3(CC2)c2c(F)cc(C(F)(F)F)n2CCN3C)cc1C#N. The van der Waals surface area contributed by atoms with Crippen LogP contribution in [-0.2, 0) is 18.3 Å². The summed E-state index contributed by atoms with van der Waals surface area (Å²) in [5.41, 5.74) is -1.27. The predicted molar refractivity (Wildman–Crippen MR) is 116 cm³/mol. The van der Waals surface area contributed by atoms with Crippen molar-refractivity contribution in [3.8, 4) is 11.8 Å². The van der Waals surface area contributed by atoms with Crippen molar-refractivity contribution in [2.75, 3.05) is 26.7 Å². The molecule has 0 aliphatic carbocycles. The number of hydrogen-bond donors (Lipinski definition) is 0. The van der Waals surface area contributed by atoms with E-state index in [1.807, 2.05) is 24.8 Å². The molecule has 0 radical (unpaired) electrons. The molecular formula is C24H26F4N4O2. The molecule has 2 aromatic rings. The average Bonchev–Trinajstić information content (AvgIpc) is 3.14. The Morgan fingerprint density at radius 1 is 1.15 bits per heavy atom. The number of aromatic nitrogens is 1. The maximum atomic E-state index is 14.9. The van der Waals surface area contributed by atoms with Crippen LogP contribution in [0.15, 0.2) is 24.3 Å². The van der Waals surface area contributed by atoms with Crippen molar-refractivity contribution in [3.05, 3.63) is 52.6 Å². The molecule has 1 saturated heterocycles. The fourth-order valence-electron chi connectivity index (χ4n) is 5.09. The molecule has 182 valence electrons. The molecule has 10 heteroatoms. The Labute approximate surface area is 195 Å². The van der Waals surface area contributed by atoms with Crippen molar-refractivity contribution in [1.29, 1.82) is 5.26 Å². The van der Waals surface area contributed by atoms with E-state index < -0.39 is 23.2 Å². The van der Waals surface area contributed by atoms with Crippen LogP contribution < -0.4 is 4.74 Å². The minimum atomic E-state index is -4.64. The summed E-state index contributed by atoms with van der Waals surface area (Å²) in [5, 5.41) is 9.44. The number of benzene rings is 1. The van der Waals surface area contributed by atoms with E-state index in [0.29, 0.717) is 36.8 Å². The first-order valence-electron chi connectivity index (χ1n) is 11.2. The third kappa shape index (κ3) is 4.02. The molecule has 0 bridgehead atoms. The van der Waals surface area contributed by atoms with E-state index in [1.165, 1.54) is 6.07 Å². The van der Waals surface area contributed by atoms with Gasteiger partial charge in [0, 0.05) is 37.8 Å². The maximum absolute atomic E-state index is 14.9. The number of likely N-dealkylation sites (N-methyl/N-ethyl adjacent to an activating group) is 1. The van der Waals surface area contributed by atoms with Gasteiger partial charge in [0.05, 0.1) is 22.9 Å². The molecule has 0 saturated carbocycles. The summed E-state index contributed by atoms with van der Waals surface area (Å²) in [6.45, 7) is 4.58. The number of amides is 1. The van der Waals surface area contributed by atoms with Crippen LogP contribution in [0.3, 0.4) is 0 Å². The molecule has 1 amide bonds. The smallest absolute Gasteiger partial charge is 0.431 e. The minimum Gasteiger partial charge on any atom is -0.490 e. The number of piperidine rings is 1. The quantitative estimate of drug-likeness (QED) is 0.615. The summed E-state index contributed by atoms with van der Waals surface area (Å²) in [6, 6.07) is 7.30. The number of fused-ring (bicyclic) bond motifs is 2. The van der Waals surface area contributed by atoms with Crippen molar-refractivity contribution >= 4 is 5.91 Å². The van der Waals surface area contributed by atoms with Crippen LogP contribution in [0.4, 0.5) is 17.6 Å². The second-order valence-corrected chi connectivity index (χ2v) is 9.11. The van der Waals surface area contributed by atoms with Gasteiger partial charge in [-0.25, -0.2) is 4.39 Å². The summed E-state index contributed by atoms with van der Waals surface area (Å²) in [7, 11) is 1.79. The number of ether oxygens (including phenoxy) is 1. The summed E-state index contributed by atoms with van der Waals surface area (Å²) in [5.74, 6) is -0.752. The Morgan fingerprint density at radius 3 is 2.41 bits per heavy atom. The van der Waals surface area contributed by atoms with Crippen LogP contribution >= 0.6 is 0 Å². The van der Waals surface area contributed by atoms with Gasteiger partial charge in [0.2, 0.25) is 0 Å². The third-order valence-electron chi connectivity index (χ3n) is 6.76. The van der Waals surface area contributed by atoms with Gasteiger partial charge in [-0.15, -0.1) is 0 Å². The number of hydrogen-bond acceptors (Lipinski definition) is 4. The van der Waals surface area contributed by atoms with E-state index in [9.17, 15) is 27.6 Å². The highest BCUT2D eigenvalue weighted by atomic mass is 19.4. The van der Waals surface area contributed by atoms with Crippen molar-refractivity contribution in [2.45, 2.75) is 51.1 Å². The van der Waals surface area contributed by atoms with Gasteiger partial charge < -0.3 is 14.2 Å². The number of halogens is 4. The molecule has 1 aromatic carbocycles. The van der Waals surface area contributed by atoms with Crippen LogP contribution in [0.2, 0.25) is 0 Å². The number of rotatable bonds is 3. The number of alkyl halides is 3. The van der Waals surface area contributed by atoms with Crippen LogP contribution in [0, 0.1) is 17.1 Å². The molecule has 1 aromatic heterocycles. The highest BCUT2D eigenvalue weighted by molar-refractivity contribution is 5.95. The highest BCUT2D eigenvalue weighted by Gasteiger charge is 2.49. The molecule has 1 fully saturated rings. The lowest BCUT2D eigenvalue weighted by atomic mass is 9.81. The van der Waals surface area contributed by atoms with E-state index in [4.69, 9.17) is 4.74 Å². The number of nitrogens with zero attached hydrogens (tertiary/aromatic N) is 4. The van der Waals surface area contributed by atoms with E-state index in [2.05, 4.69) is 0 Å². The molecule has 0 N–H and O–H groups in total. The maximum Gasteiger partial charge on any atom is 0.431 e. The highest BCUT2D eigenvalue weighted by Crippen LogP contribution is 2.45. The van der Waals surface area contributed by atoms with Crippen LogP contribution in [0.1, 0.15) is 54.0 Å². The molecular weight excluding hydrogens is 452 g/mol. The van der Waals surface area contributed by atoms with E-state index >= 15 is 0 Å². The zero-order chi connectivity index (χ0) is 24.8. The molecule has 6 nitrogen and oxygen atoms in total. The van der Waals surface area contributed by atoms with Gasteiger partial charge in [-0.2, -0.15) is 18.4 Å². The first kappa shape index (κ1) is 24.1. The number of carbonyl (C=O) groups is 1. The predicted octanol–water partition coefficient (Wildman–Crippen LogP) is 4.38. The standard InChI is InChI=1S/C24H26F4N4O2/c1-15(2)34-19-5-4-16(12-17(19)14-29)22(33)31-8-6-23(7-9-31)21-18(25)13-20(24(26,27)28)32(21)11-10-30(23)3/h4-5,12-13,15H,6-11H2,1-3H3. The fraction of sp³-hybridized carbons (Fsp3) is 0.500. The number of carbonyl (C=O) groups excluding carboxylic acids is 1. The first-order chi connectivity index (χ1) is 16.0. The minimum absolute atomic E-state index is 0.0441. The summed E-state index contributed by atoms with van der Waals surface area (Å²) >= 11 is 0. The van der Waals surface area contributed by atoms with Gasteiger partial charge in [-0.05, 0) is 51.9 Å². The molecule has 2 aliphatic heterocycles. The second-order valence-electron chi connectivity index (χ2n) is 9.11. The van der Waals surface area contributed by atoms with Crippen LogP contribution in [-0.4, -0.2) is 53.1 Å². The van der Waals surface area contributed by atoms with Gasteiger partial charge in [0.1, 0.15) is 23.3 Å². The summed E-state index contributed by atoms with van der Waals surface area (Å²) < 4.78 is 62.0. The molecule has 1 spiro atoms. The van der Waals surface area contributed by atoms with Gasteiger partial charge in [0.15, 0.2) is 0 Å². The molecule has 4 rings (SSSR count). The molecule has 3 heterocycles. The van der Waals surface area contributed by atoms with Crippen molar-refractivity contribution in [3.63, 3.8) is 0 Å². The Bertz CT molecular complexity index is 1140. The van der Waals surface area contributed by atoms with Crippen LogP contribution in [0.25, 0.3) is 0 Å². The molecule has 34 heavy (non-hydrogen) atoms. The lowest BCUT2D eigenvalue weighted by molar-refractivity contribution is -0.144. The fourth-order valence-corrected chi connectivity index (χ4v) is 5.09. The number of likely N-dealkylation sites (tertiary alicyclic amines) is 1. The second kappa shape index (κ2) is 8.62. The zero-order valence-electron chi connectivity index (χ0n) is 19.2. The van der Waals surface area contributed by atoms with Crippen molar-refractivity contribution < 1.29 is 27.1 Å².